The summed E-state index contributed by atoms with van der Waals surface area (Å²) < 4.78 is 41.1. The molecular formula is C7H8F3IO. The van der Waals surface area contributed by atoms with E-state index < -0.39 is 26.6 Å². The van der Waals surface area contributed by atoms with Gasteiger partial charge < -0.3 is 0 Å². The monoisotopic (exact) mass is 292 g/mol. The minimum atomic E-state index is -4.46. The fraction of sp³-hybridized carbons (Fsp3) is 0.429. The van der Waals surface area contributed by atoms with E-state index in [9.17, 15) is 13.2 Å². The third-order valence-electron chi connectivity index (χ3n) is 1.20. The standard InChI is InChI=1S/C7H8F3IO/c1-6-2-4-11(5-3-6)12-7(8,9)10/h2-4H,5H2,1H3. The van der Waals surface area contributed by atoms with Crippen molar-refractivity contribution in [3.63, 3.8) is 0 Å². The Bertz CT molecular complexity index is 219. The van der Waals surface area contributed by atoms with Crippen molar-refractivity contribution in [2.45, 2.75) is 13.3 Å². The minimum absolute atomic E-state index is 0.450. The van der Waals surface area contributed by atoms with E-state index in [4.69, 9.17) is 0 Å². The zero-order valence-corrected chi connectivity index (χ0v) is 8.52. The maximum absolute atomic E-state index is 11.7. The number of allylic oxidation sites excluding steroid dienone is 3. The number of hydrogen-bond donors (Lipinski definition) is 0. The third kappa shape index (κ3) is 3.57. The summed E-state index contributed by atoms with van der Waals surface area (Å²) in [6, 6.07) is 0. The molecule has 0 fully saturated rings. The fourth-order valence-electron chi connectivity index (χ4n) is 0.656. The van der Waals surface area contributed by atoms with Crippen LogP contribution >= 0.6 is 20.2 Å². The molecule has 0 atom stereocenters. The van der Waals surface area contributed by atoms with Crippen LogP contribution in [0.1, 0.15) is 6.92 Å². The summed E-state index contributed by atoms with van der Waals surface area (Å²) in [7, 11) is 0. The number of alkyl halides is 4. The van der Waals surface area contributed by atoms with Gasteiger partial charge in [0, 0.05) is 0 Å². The maximum atomic E-state index is 11.7. The van der Waals surface area contributed by atoms with E-state index in [-0.39, 0.29) is 0 Å². The zero-order valence-electron chi connectivity index (χ0n) is 6.36. The van der Waals surface area contributed by atoms with Crippen LogP contribution in [-0.4, -0.2) is 10.8 Å². The quantitative estimate of drug-likeness (QED) is 0.531. The Labute approximate surface area is 76.2 Å². The van der Waals surface area contributed by atoms with Crippen molar-refractivity contribution in [1.29, 1.82) is 0 Å². The Morgan fingerprint density at radius 2 is 2.17 bits per heavy atom. The average molecular weight is 292 g/mol. The number of rotatable bonds is 1. The van der Waals surface area contributed by atoms with Gasteiger partial charge in [-0.2, -0.15) is 0 Å². The van der Waals surface area contributed by atoms with Crippen LogP contribution in [0.15, 0.2) is 21.8 Å². The molecule has 70 valence electrons. The molecule has 0 aromatic carbocycles. The molecule has 0 aliphatic carbocycles. The van der Waals surface area contributed by atoms with Crippen LogP contribution in [0.4, 0.5) is 13.2 Å². The molecule has 1 heterocycles. The van der Waals surface area contributed by atoms with Crippen molar-refractivity contribution in [3.8, 4) is 0 Å². The topological polar surface area (TPSA) is 9.23 Å². The molecule has 0 saturated carbocycles. The van der Waals surface area contributed by atoms with Crippen LogP contribution in [0.2, 0.25) is 0 Å². The van der Waals surface area contributed by atoms with Gasteiger partial charge in [-0.1, -0.05) is 0 Å². The molecule has 0 bridgehead atoms. The van der Waals surface area contributed by atoms with Gasteiger partial charge in [0.2, 0.25) is 0 Å². The average Bonchev–Trinajstić information content (AvgIpc) is 1.91. The summed E-state index contributed by atoms with van der Waals surface area (Å²) in [5.74, 6) is 0. The van der Waals surface area contributed by atoms with Crippen molar-refractivity contribution < 1.29 is 16.2 Å². The van der Waals surface area contributed by atoms with Crippen molar-refractivity contribution >= 4 is 20.2 Å². The molecule has 0 unspecified atom stereocenters. The van der Waals surface area contributed by atoms with Gasteiger partial charge in [0.1, 0.15) is 0 Å². The molecule has 0 amide bonds. The zero-order chi connectivity index (χ0) is 9.19. The van der Waals surface area contributed by atoms with E-state index in [1.165, 1.54) is 0 Å². The second-order valence-electron chi connectivity index (χ2n) is 2.27. The van der Waals surface area contributed by atoms with E-state index in [1.54, 1.807) is 16.2 Å². The summed E-state index contributed by atoms with van der Waals surface area (Å²) in [6.45, 7) is 1.86. The van der Waals surface area contributed by atoms with Gasteiger partial charge >= 0.3 is 76.0 Å². The SMILES string of the molecule is CC1=CCI(OC(F)(F)F)C=C1. The molecule has 1 aliphatic rings. The molecule has 0 saturated heterocycles. The van der Waals surface area contributed by atoms with Crippen LogP contribution in [0.3, 0.4) is 0 Å². The van der Waals surface area contributed by atoms with Gasteiger partial charge in [-0.05, 0) is 0 Å². The molecular weight excluding hydrogens is 284 g/mol. The Morgan fingerprint density at radius 3 is 2.58 bits per heavy atom. The van der Waals surface area contributed by atoms with Gasteiger partial charge in [0.25, 0.3) is 0 Å². The molecule has 0 N–H and O–H groups in total. The number of halogens is 4. The predicted molar refractivity (Wildman–Crippen MR) is 48.9 cm³/mol. The first kappa shape index (κ1) is 10.0. The van der Waals surface area contributed by atoms with Gasteiger partial charge in [0.15, 0.2) is 0 Å². The molecule has 0 spiro atoms. The van der Waals surface area contributed by atoms with Crippen LogP contribution in [-0.2, 0) is 3.07 Å². The second-order valence-corrected chi connectivity index (χ2v) is 6.32. The second kappa shape index (κ2) is 3.78. The summed E-state index contributed by atoms with van der Waals surface area (Å²) in [4.78, 5) is 0. The van der Waals surface area contributed by atoms with Gasteiger partial charge in [-0.25, -0.2) is 0 Å². The van der Waals surface area contributed by atoms with Crippen LogP contribution in [0, 0.1) is 0 Å². The molecule has 1 aliphatic heterocycles. The first-order valence-corrected chi connectivity index (χ1v) is 6.88. The molecule has 5 heteroatoms. The fourth-order valence-corrected chi connectivity index (χ4v) is 4.01. The Kier molecular flexibility index (Phi) is 3.16. The van der Waals surface area contributed by atoms with Gasteiger partial charge in [-0.3, -0.25) is 0 Å². The van der Waals surface area contributed by atoms with E-state index in [1.807, 2.05) is 6.92 Å². The van der Waals surface area contributed by atoms with E-state index in [0.29, 0.717) is 4.43 Å². The number of hydrogen-bond acceptors (Lipinski definition) is 1. The summed E-state index contributed by atoms with van der Waals surface area (Å²) in [6.07, 6.45) is -0.981. The Balaban J connectivity index is 2.44. The van der Waals surface area contributed by atoms with Gasteiger partial charge in [0.05, 0.1) is 0 Å². The molecule has 0 aromatic rings. The normalized spacial score (nSPS) is 21.0. The first-order chi connectivity index (χ1) is 5.47. The first-order valence-electron chi connectivity index (χ1n) is 3.23. The van der Waals surface area contributed by atoms with Crippen molar-refractivity contribution in [2.75, 3.05) is 4.43 Å². The van der Waals surface area contributed by atoms with Crippen LogP contribution < -0.4 is 0 Å². The van der Waals surface area contributed by atoms with Crippen LogP contribution in [0.25, 0.3) is 0 Å². The van der Waals surface area contributed by atoms with Crippen molar-refractivity contribution in [1.82, 2.24) is 0 Å². The third-order valence-corrected chi connectivity index (χ3v) is 4.74. The summed E-state index contributed by atoms with van der Waals surface area (Å²) in [5.41, 5.74) is 1.01. The van der Waals surface area contributed by atoms with E-state index >= 15 is 0 Å². The Hall–Kier alpha value is -0.0400. The van der Waals surface area contributed by atoms with E-state index in [2.05, 4.69) is 3.07 Å². The Morgan fingerprint density at radius 1 is 1.50 bits per heavy atom. The van der Waals surface area contributed by atoms with Crippen LogP contribution in [0.5, 0.6) is 0 Å². The molecule has 1 rings (SSSR count). The molecule has 0 aromatic heterocycles. The summed E-state index contributed by atoms with van der Waals surface area (Å²) in [5, 5.41) is 0. The molecule has 0 radical (unpaired) electrons. The van der Waals surface area contributed by atoms with Crippen molar-refractivity contribution in [3.05, 3.63) is 21.8 Å². The van der Waals surface area contributed by atoms with E-state index in [0.717, 1.165) is 5.57 Å². The predicted octanol–water partition coefficient (Wildman–Crippen LogP) is 3.42. The van der Waals surface area contributed by atoms with Crippen molar-refractivity contribution in [2.24, 2.45) is 0 Å². The molecule has 1 nitrogen and oxygen atoms in total. The molecule has 12 heavy (non-hydrogen) atoms. The summed E-state index contributed by atoms with van der Waals surface area (Å²) >= 11 is -2.34. The van der Waals surface area contributed by atoms with Gasteiger partial charge in [-0.15, -0.1) is 0 Å².